The average molecular weight is 599 g/mol. The van der Waals surface area contributed by atoms with Gasteiger partial charge in [-0.25, -0.2) is 0 Å². The summed E-state index contributed by atoms with van der Waals surface area (Å²) in [6.45, 7) is 1.32. The number of imide groups is 1. The molecule has 3 heterocycles. The van der Waals surface area contributed by atoms with E-state index in [0.29, 0.717) is 51.1 Å². The van der Waals surface area contributed by atoms with E-state index < -0.39 is 23.8 Å². The van der Waals surface area contributed by atoms with E-state index in [2.05, 4.69) is 38.1 Å². The van der Waals surface area contributed by atoms with E-state index in [1.807, 2.05) is 18.3 Å². The minimum atomic E-state index is -1.08. The highest BCUT2D eigenvalue weighted by molar-refractivity contribution is 6.25. The summed E-state index contributed by atoms with van der Waals surface area (Å²) in [7, 11) is 1.41. The largest absolute Gasteiger partial charge is 0.382 e. The summed E-state index contributed by atoms with van der Waals surface area (Å²) in [4.78, 5) is 70.5. The number of nitrogens with one attached hydrogen (secondary N) is 4. The van der Waals surface area contributed by atoms with Crippen molar-refractivity contribution in [3.63, 3.8) is 0 Å². The molecule has 0 spiro atoms. The van der Waals surface area contributed by atoms with E-state index in [1.54, 1.807) is 24.4 Å². The van der Waals surface area contributed by atoms with Gasteiger partial charge in [-0.3, -0.25) is 29.1 Å². The first kappa shape index (κ1) is 30.4. The molecule has 0 saturated heterocycles. The van der Waals surface area contributed by atoms with Gasteiger partial charge in [0.15, 0.2) is 0 Å². The second-order valence-electron chi connectivity index (χ2n) is 10.4. The Kier molecular flexibility index (Phi) is 9.60. The van der Waals surface area contributed by atoms with Crippen molar-refractivity contribution in [2.24, 2.45) is 0 Å². The fourth-order valence-corrected chi connectivity index (χ4v) is 5.42. The van der Waals surface area contributed by atoms with Gasteiger partial charge < -0.3 is 30.5 Å². The van der Waals surface area contributed by atoms with E-state index in [9.17, 15) is 24.0 Å². The number of pyridine rings is 1. The van der Waals surface area contributed by atoms with Crippen molar-refractivity contribution in [2.75, 3.05) is 38.7 Å². The van der Waals surface area contributed by atoms with Crippen LogP contribution in [0, 0.1) is 0 Å². The minimum absolute atomic E-state index is 0.0363. The maximum Gasteiger partial charge on any atom is 0.264 e. The molecule has 0 radical (unpaired) electrons. The first-order valence-electron chi connectivity index (χ1n) is 14.5. The predicted molar refractivity (Wildman–Crippen MR) is 164 cm³/mol. The normalized spacial score (nSPS) is 13.2. The summed E-state index contributed by atoms with van der Waals surface area (Å²) in [5.41, 5.74) is 3.95. The number of rotatable bonds is 15. The Morgan fingerprint density at radius 2 is 1.89 bits per heavy atom. The molecule has 0 bridgehead atoms. The third kappa shape index (κ3) is 6.45. The van der Waals surface area contributed by atoms with Gasteiger partial charge in [0.25, 0.3) is 11.8 Å². The molecule has 4 aromatic rings. The smallest absolute Gasteiger partial charge is 0.264 e. The lowest BCUT2D eigenvalue weighted by Gasteiger charge is -2.24. The number of fused-ring (bicyclic) bond motifs is 4. The number of benzene rings is 2. The number of aryl methyl sites for hydroxylation is 1. The lowest BCUT2D eigenvalue weighted by atomic mass is 10.1. The van der Waals surface area contributed by atoms with Crippen LogP contribution in [0.2, 0.25) is 0 Å². The highest BCUT2D eigenvalue weighted by atomic mass is 16.5. The topological polar surface area (TPSA) is 163 Å². The van der Waals surface area contributed by atoms with E-state index in [-0.39, 0.29) is 29.9 Å². The molecule has 5 rings (SSSR count). The molecule has 4 N–H and O–H groups in total. The second kappa shape index (κ2) is 13.9. The van der Waals surface area contributed by atoms with Crippen LogP contribution < -0.4 is 16.0 Å². The van der Waals surface area contributed by atoms with E-state index in [0.717, 1.165) is 32.3 Å². The van der Waals surface area contributed by atoms with E-state index >= 15 is 0 Å². The third-order valence-electron chi connectivity index (χ3n) is 7.60. The molecule has 1 atom stereocenters. The fourth-order valence-electron chi connectivity index (χ4n) is 5.42. The molecule has 2 aromatic heterocycles. The summed E-state index contributed by atoms with van der Waals surface area (Å²) in [5.74, 6) is -1.74. The number of anilines is 1. The molecular weight excluding hydrogens is 564 g/mol. The van der Waals surface area contributed by atoms with E-state index in [1.165, 1.54) is 7.05 Å². The Hall–Kier alpha value is -5.10. The number of carbonyl (C=O) groups is 5. The van der Waals surface area contributed by atoms with Gasteiger partial charge in [-0.1, -0.05) is 18.2 Å². The van der Waals surface area contributed by atoms with Gasteiger partial charge in [0, 0.05) is 72.9 Å². The van der Waals surface area contributed by atoms with Crippen LogP contribution in [-0.4, -0.2) is 84.2 Å². The number of aromatic amines is 1. The second-order valence-corrected chi connectivity index (χ2v) is 10.4. The van der Waals surface area contributed by atoms with Crippen molar-refractivity contribution in [3.8, 4) is 0 Å². The third-order valence-corrected chi connectivity index (χ3v) is 7.60. The lowest BCUT2D eigenvalue weighted by molar-refractivity contribution is -0.125. The number of hydrogen-bond acceptors (Lipinski definition) is 8. The van der Waals surface area contributed by atoms with E-state index in [4.69, 9.17) is 4.74 Å². The Morgan fingerprint density at radius 1 is 1.05 bits per heavy atom. The average Bonchev–Trinajstić information content (AvgIpc) is 3.53. The van der Waals surface area contributed by atoms with Crippen LogP contribution in [0.3, 0.4) is 0 Å². The van der Waals surface area contributed by atoms with Crippen LogP contribution in [-0.2, 0) is 25.5 Å². The molecule has 228 valence electrons. The molecule has 2 aromatic carbocycles. The number of likely N-dealkylation sites (N-methyl/N-ethyl adjacent to an activating group) is 1. The van der Waals surface area contributed by atoms with Crippen molar-refractivity contribution >= 4 is 57.4 Å². The Balaban J connectivity index is 1.04. The first-order chi connectivity index (χ1) is 21.4. The molecular formula is C32H34N6O6. The van der Waals surface area contributed by atoms with Crippen molar-refractivity contribution in [1.29, 1.82) is 0 Å². The SMILES string of the molecule is CNC(=O)C(CCC=O)N1C(=O)c2cccc(NCCOCCNC(=O)CCc3ccc4c(c3)[nH]c3ccncc34)c2C1=O. The van der Waals surface area contributed by atoms with Crippen LogP contribution in [0.1, 0.15) is 45.5 Å². The number of nitrogens with zero attached hydrogens (tertiary/aromatic N) is 2. The van der Waals surface area contributed by atoms with Gasteiger partial charge in [0.1, 0.15) is 12.3 Å². The van der Waals surface area contributed by atoms with Gasteiger partial charge in [0.05, 0.1) is 24.3 Å². The summed E-state index contributed by atoms with van der Waals surface area (Å²) in [6.07, 6.45) is 5.29. The number of ether oxygens (including phenoxy) is 1. The molecule has 0 fully saturated rings. The number of aromatic nitrogens is 2. The van der Waals surface area contributed by atoms with Crippen LogP contribution in [0.5, 0.6) is 0 Å². The fraction of sp³-hybridized carbons (Fsp3) is 0.312. The standard InChI is InChI=1S/C32H34N6O6/c1-33-30(41)27(6-3-15-39)38-31(42)22-4-2-5-25(29(22)32(38)43)35-13-16-44-17-14-36-28(40)10-8-20-7-9-21-23-19-34-12-11-24(23)37-26(21)18-20/h2,4-5,7,9,11-12,15,18-19,27,35,37H,3,6,8,10,13-14,16-17H2,1H3,(H,33,41)(H,36,40). The molecule has 44 heavy (non-hydrogen) atoms. The van der Waals surface area contributed by atoms with Gasteiger partial charge in [-0.2, -0.15) is 0 Å². The zero-order valence-corrected chi connectivity index (χ0v) is 24.4. The summed E-state index contributed by atoms with van der Waals surface area (Å²) in [6, 6.07) is 11.9. The highest BCUT2D eigenvalue weighted by Crippen LogP contribution is 2.31. The summed E-state index contributed by atoms with van der Waals surface area (Å²) in [5, 5.41) is 10.6. The Bertz CT molecular complexity index is 1720. The molecule has 4 amide bonds. The summed E-state index contributed by atoms with van der Waals surface area (Å²) < 4.78 is 5.63. The molecule has 1 aliphatic heterocycles. The number of carbonyl (C=O) groups excluding carboxylic acids is 5. The summed E-state index contributed by atoms with van der Waals surface area (Å²) >= 11 is 0. The van der Waals surface area contributed by atoms with Crippen LogP contribution in [0.25, 0.3) is 21.8 Å². The van der Waals surface area contributed by atoms with Crippen molar-refractivity contribution in [2.45, 2.75) is 31.7 Å². The van der Waals surface area contributed by atoms with Gasteiger partial charge >= 0.3 is 0 Å². The van der Waals surface area contributed by atoms with Crippen molar-refractivity contribution in [3.05, 3.63) is 71.5 Å². The van der Waals surface area contributed by atoms with Crippen LogP contribution >= 0.6 is 0 Å². The molecule has 12 nitrogen and oxygen atoms in total. The monoisotopic (exact) mass is 598 g/mol. The number of H-pyrrole nitrogens is 1. The first-order valence-corrected chi connectivity index (χ1v) is 14.5. The number of hydrogen-bond donors (Lipinski definition) is 4. The predicted octanol–water partition coefficient (Wildman–Crippen LogP) is 2.58. The Morgan fingerprint density at radius 3 is 2.70 bits per heavy atom. The highest BCUT2D eigenvalue weighted by Gasteiger charge is 2.43. The van der Waals surface area contributed by atoms with Crippen LogP contribution in [0.4, 0.5) is 5.69 Å². The van der Waals surface area contributed by atoms with Crippen LogP contribution in [0.15, 0.2) is 54.9 Å². The van der Waals surface area contributed by atoms with Crippen molar-refractivity contribution < 1.29 is 28.7 Å². The zero-order chi connectivity index (χ0) is 31.1. The maximum absolute atomic E-state index is 13.3. The zero-order valence-electron chi connectivity index (χ0n) is 24.4. The Labute approximate surface area is 253 Å². The molecule has 1 aliphatic rings. The maximum atomic E-state index is 13.3. The lowest BCUT2D eigenvalue weighted by Crippen LogP contribution is -2.48. The van der Waals surface area contributed by atoms with Gasteiger partial charge in [-0.15, -0.1) is 0 Å². The van der Waals surface area contributed by atoms with Gasteiger partial charge in [0.2, 0.25) is 11.8 Å². The number of aldehydes is 1. The number of amides is 4. The minimum Gasteiger partial charge on any atom is -0.382 e. The van der Waals surface area contributed by atoms with Crippen molar-refractivity contribution in [1.82, 2.24) is 25.5 Å². The molecule has 0 aliphatic carbocycles. The molecule has 12 heteroatoms. The molecule has 0 saturated carbocycles. The van der Waals surface area contributed by atoms with Gasteiger partial charge in [-0.05, 0) is 42.7 Å². The molecule has 1 unspecified atom stereocenters. The quantitative estimate of drug-likeness (QED) is 0.0922.